The molecular weight excluding hydrogens is 270 g/mol. The quantitative estimate of drug-likeness (QED) is 0.849. The molecule has 5 nitrogen and oxygen atoms in total. The Morgan fingerprint density at radius 1 is 1.33 bits per heavy atom. The summed E-state index contributed by atoms with van der Waals surface area (Å²) in [5.74, 6) is 0.290. The molecule has 5 heteroatoms. The van der Waals surface area contributed by atoms with E-state index in [4.69, 9.17) is 14.2 Å². The van der Waals surface area contributed by atoms with E-state index in [0.29, 0.717) is 26.2 Å². The number of hydrogen-bond donors (Lipinski definition) is 0. The van der Waals surface area contributed by atoms with Crippen molar-refractivity contribution in [2.45, 2.75) is 25.0 Å². The van der Waals surface area contributed by atoms with Crippen LogP contribution in [0.2, 0.25) is 0 Å². The third kappa shape index (κ3) is 3.04. The number of nitrogens with zero attached hydrogens (tertiary/aromatic N) is 1. The predicted molar refractivity (Wildman–Crippen MR) is 77.1 cm³/mol. The maximum atomic E-state index is 12.5. The minimum absolute atomic E-state index is 0.0951. The van der Waals surface area contributed by atoms with E-state index >= 15 is 0 Å². The van der Waals surface area contributed by atoms with Crippen LogP contribution in [0.3, 0.4) is 0 Å². The van der Waals surface area contributed by atoms with Gasteiger partial charge in [0.15, 0.2) is 5.79 Å². The summed E-state index contributed by atoms with van der Waals surface area (Å²) >= 11 is 0. The number of carbonyl (C=O) groups excluding carboxylic acids is 1. The zero-order valence-corrected chi connectivity index (χ0v) is 12.3. The molecule has 2 aliphatic heterocycles. The van der Waals surface area contributed by atoms with Gasteiger partial charge in [0, 0.05) is 18.5 Å². The highest BCUT2D eigenvalue weighted by Crippen LogP contribution is 2.30. The minimum atomic E-state index is -0.561. The number of hydrogen-bond acceptors (Lipinski definition) is 4. The summed E-state index contributed by atoms with van der Waals surface area (Å²) in [7, 11) is 1.62. The normalized spacial score (nSPS) is 20.7. The molecule has 2 aliphatic rings. The fourth-order valence-electron chi connectivity index (χ4n) is 3.06. The smallest absolute Gasteiger partial charge is 0.227 e. The van der Waals surface area contributed by atoms with Gasteiger partial charge in [-0.2, -0.15) is 0 Å². The molecule has 2 heterocycles. The van der Waals surface area contributed by atoms with Gasteiger partial charge < -0.3 is 19.1 Å². The van der Waals surface area contributed by atoms with Crippen molar-refractivity contribution in [3.63, 3.8) is 0 Å². The van der Waals surface area contributed by atoms with Crippen molar-refractivity contribution in [2.75, 3.05) is 33.4 Å². The summed E-state index contributed by atoms with van der Waals surface area (Å²) in [6, 6.07) is 7.64. The van der Waals surface area contributed by atoms with Gasteiger partial charge in [-0.15, -0.1) is 0 Å². The van der Waals surface area contributed by atoms with E-state index < -0.39 is 5.79 Å². The highest BCUT2D eigenvalue weighted by molar-refractivity contribution is 5.79. The van der Waals surface area contributed by atoms with Gasteiger partial charge in [-0.1, -0.05) is 18.2 Å². The Labute approximate surface area is 124 Å². The number of carbonyl (C=O) groups is 1. The molecular formula is C16H21NO4. The van der Waals surface area contributed by atoms with Crippen molar-refractivity contribution < 1.29 is 19.0 Å². The molecule has 1 aromatic rings. The molecule has 0 radical (unpaired) electrons. The van der Waals surface area contributed by atoms with Crippen molar-refractivity contribution in [3.8, 4) is 5.75 Å². The SMILES string of the molecule is COc1ccccc1CC(=O)N1CCCC2(C1)OCCO2. The first-order valence-electron chi connectivity index (χ1n) is 7.40. The molecule has 1 spiro atoms. The highest BCUT2D eigenvalue weighted by Gasteiger charge is 2.41. The van der Waals surface area contributed by atoms with Crippen molar-refractivity contribution in [3.05, 3.63) is 29.8 Å². The van der Waals surface area contributed by atoms with Gasteiger partial charge >= 0.3 is 0 Å². The van der Waals surface area contributed by atoms with Crippen LogP contribution in [0.25, 0.3) is 0 Å². The largest absolute Gasteiger partial charge is 0.496 e. The minimum Gasteiger partial charge on any atom is -0.496 e. The zero-order chi connectivity index (χ0) is 14.7. The molecule has 0 atom stereocenters. The van der Waals surface area contributed by atoms with Gasteiger partial charge in [0.1, 0.15) is 5.75 Å². The van der Waals surface area contributed by atoms with E-state index in [9.17, 15) is 4.79 Å². The summed E-state index contributed by atoms with van der Waals surface area (Å²) < 4.78 is 16.7. The lowest BCUT2D eigenvalue weighted by molar-refractivity contribution is -0.192. The van der Waals surface area contributed by atoms with Crippen LogP contribution in [0.15, 0.2) is 24.3 Å². The number of amides is 1. The average molecular weight is 291 g/mol. The summed E-state index contributed by atoms with van der Waals surface area (Å²) in [5, 5.41) is 0. The summed E-state index contributed by atoms with van der Waals surface area (Å²) in [6.07, 6.45) is 2.13. The number of ether oxygens (including phenoxy) is 3. The molecule has 0 N–H and O–H groups in total. The van der Waals surface area contributed by atoms with Crippen LogP contribution in [-0.4, -0.2) is 50.0 Å². The van der Waals surface area contributed by atoms with E-state index in [-0.39, 0.29) is 5.91 Å². The first kappa shape index (κ1) is 14.4. The topological polar surface area (TPSA) is 48.0 Å². The van der Waals surface area contributed by atoms with E-state index in [0.717, 1.165) is 30.7 Å². The van der Waals surface area contributed by atoms with Crippen LogP contribution in [0.5, 0.6) is 5.75 Å². The van der Waals surface area contributed by atoms with Crippen LogP contribution in [0, 0.1) is 0 Å². The number of para-hydroxylation sites is 1. The molecule has 0 aliphatic carbocycles. The number of likely N-dealkylation sites (tertiary alicyclic amines) is 1. The lowest BCUT2D eigenvalue weighted by Crippen LogP contribution is -2.51. The zero-order valence-electron chi connectivity index (χ0n) is 12.3. The van der Waals surface area contributed by atoms with Gasteiger partial charge in [-0.25, -0.2) is 0 Å². The van der Waals surface area contributed by atoms with Crippen LogP contribution < -0.4 is 4.74 Å². The number of rotatable bonds is 3. The van der Waals surface area contributed by atoms with Gasteiger partial charge in [-0.05, 0) is 12.5 Å². The van der Waals surface area contributed by atoms with E-state index in [1.165, 1.54) is 0 Å². The molecule has 2 saturated heterocycles. The van der Waals surface area contributed by atoms with Crippen LogP contribution >= 0.6 is 0 Å². The number of benzene rings is 1. The molecule has 2 fully saturated rings. The third-order valence-electron chi connectivity index (χ3n) is 4.12. The van der Waals surface area contributed by atoms with Crippen LogP contribution in [0.1, 0.15) is 18.4 Å². The van der Waals surface area contributed by atoms with Crippen molar-refractivity contribution in [1.82, 2.24) is 4.90 Å². The predicted octanol–water partition coefficient (Wildman–Crippen LogP) is 1.60. The Morgan fingerprint density at radius 2 is 2.10 bits per heavy atom. The second kappa shape index (κ2) is 6.03. The monoisotopic (exact) mass is 291 g/mol. The first-order chi connectivity index (χ1) is 10.2. The molecule has 1 aromatic carbocycles. The molecule has 21 heavy (non-hydrogen) atoms. The van der Waals surface area contributed by atoms with E-state index in [2.05, 4.69) is 0 Å². The van der Waals surface area contributed by atoms with Gasteiger partial charge in [0.05, 0.1) is 33.3 Å². The summed E-state index contributed by atoms with van der Waals surface area (Å²) in [4.78, 5) is 14.4. The fourth-order valence-corrected chi connectivity index (χ4v) is 3.06. The number of methoxy groups -OCH3 is 1. The molecule has 0 unspecified atom stereocenters. The van der Waals surface area contributed by atoms with Gasteiger partial charge in [0.25, 0.3) is 0 Å². The second-order valence-electron chi connectivity index (χ2n) is 5.52. The van der Waals surface area contributed by atoms with E-state index in [1.807, 2.05) is 29.2 Å². The van der Waals surface area contributed by atoms with Gasteiger partial charge in [0.2, 0.25) is 5.91 Å². The summed E-state index contributed by atoms with van der Waals surface area (Å²) in [6.45, 7) is 2.53. The molecule has 114 valence electrons. The molecule has 0 saturated carbocycles. The van der Waals surface area contributed by atoms with Gasteiger partial charge in [-0.3, -0.25) is 4.79 Å². The summed E-state index contributed by atoms with van der Waals surface area (Å²) in [5.41, 5.74) is 0.915. The fraction of sp³-hybridized carbons (Fsp3) is 0.562. The van der Waals surface area contributed by atoms with Crippen molar-refractivity contribution in [2.24, 2.45) is 0 Å². The molecule has 1 amide bonds. The second-order valence-corrected chi connectivity index (χ2v) is 5.52. The number of piperidine rings is 1. The Bertz CT molecular complexity index is 511. The van der Waals surface area contributed by atoms with Crippen molar-refractivity contribution >= 4 is 5.91 Å². The Morgan fingerprint density at radius 3 is 2.86 bits per heavy atom. The Hall–Kier alpha value is -1.59. The molecule has 3 rings (SSSR count). The first-order valence-corrected chi connectivity index (χ1v) is 7.40. The third-order valence-corrected chi connectivity index (χ3v) is 4.12. The highest BCUT2D eigenvalue weighted by atomic mass is 16.7. The molecule has 0 bridgehead atoms. The van der Waals surface area contributed by atoms with Crippen molar-refractivity contribution in [1.29, 1.82) is 0 Å². The Kier molecular flexibility index (Phi) is 4.12. The maximum absolute atomic E-state index is 12.5. The van der Waals surface area contributed by atoms with Crippen LogP contribution in [-0.2, 0) is 20.7 Å². The average Bonchev–Trinajstić information content (AvgIpc) is 2.95. The van der Waals surface area contributed by atoms with E-state index in [1.54, 1.807) is 7.11 Å². The lowest BCUT2D eigenvalue weighted by Gasteiger charge is -2.38. The standard InChI is InChI=1S/C16H21NO4/c1-19-14-6-3-2-5-13(14)11-15(18)17-8-4-7-16(12-17)20-9-10-21-16/h2-3,5-6H,4,7-12H2,1H3. The molecule has 0 aromatic heterocycles. The Balaban J connectivity index is 1.67. The lowest BCUT2D eigenvalue weighted by atomic mass is 10.0. The maximum Gasteiger partial charge on any atom is 0.227 e. The van der Waals surface area contributed by atoms with Crippen LogP contribution in [0.4, 0.5) is 0 Å².